The maximum absolute atomic E-state index is 11.9. The fourth-order valence-electron chi connectivity index (χ4n) is 1.42. The van der Waals surface area contributed by atoms with Gasteiger partial charge in [0.05, 0.1) is 19.0 Å². The van der Waals surface area contributed by atoms with Crippen LogP contribution in [0.4, 0.5) is 5.69 Å². The first kappa shape index (κ1) is 12.6. The fourth-order valence-corrected chi connectivity index (χ4v) is 1.76. The molecule has 0 saturated heterocycles. The summed E-state index contributed by atoms with van der Waals surface area (Å²) in [5.74, 6) is 0.506. The van der Waals surface area contributed by atoms with Crippen LogP contribution in [0.2, 0.25) is 0 Å². The molecule has 94 valence electrons. The van der Waals surface area contributed by atoms with Gasteiger partial charge >= 0.3 is 0 Å². The largest absolute Gasteiger partial charge is 0.497 e. The van der Waals surface area contributed by atoms with Gasteiger partial charge in [-0.1, -0.05) is 5.16 Å². The number of halogens is 1. The van der Waals surface area contributed by atoms with Crippen molar-refractivity contribution in [3.05, 3.63) is 40.2 Å². The van der Waals surface area contributed by atoms with Crippen molar-refractivity contribution in [3.8, 4) is 5.75 Å². The maximum atomic E-state index is 11.9. The minimum atomic E-state index is -0.348. The molecule has 0 bridgehead atoms. The second-order valence-corrected chi connectivity index (χ2v) is 4.49. The van der Waals surface area contributed by atoms with E-state index in [9.17, 15) is 4.79 Å². The lowest BCUT2D eigenvalue weighted by atomic mass is 10.2. The minimum absolute atomic E-state index is 0.199. The van der Waals surface area contributed by atoms with Crippen LogP contribution in [-0.4, -0.2) is 18.2 Å². The molecule has 0 radical (unpaired) electrons. The maximum Gasteiger partial charge on any atom is 0.294 e. The lowest BCUT2D eigenvalue weighted by molar-refractivity contribution is 0.0987. The first-order valence-corrected chi connectivity index (χ1v) is 5.97. The van der Waals surface area contributed by atoms with E-state index in [0.29, 0.717) is 17.0 Å². The zero-order valence-electron chi connectivity index (χ0n) is 9.86. The molecule has 18 heavy (non-hydrogen) atoms. The molecule has 2 aromatic rings. The zero-order chi connectivity index (χ0) is 13.1. The first-order chi connectivity index (χ1) is 8.61. The van der Waals surface area contributed by atoms with E-state index < -0.39 is 0 Å². The Morgan fingerprint density at radius 3 is 2.89 bits per heavy atom. The molecule has 0 aliphatic heterocycles. The number of hydrogen-bond acceptors (Lipinski definition) is 4. The Morgan fingerprint density at radius 1 is 1.50 bits per heavy atom. The summed E-state index contributed by atoms with van der Waals surface area (Å²) in [5, 5.41) is 6.30. The normalized spacial score (nSPS) is 10.2. The number of nitrogens with one attached hydrogen (secondary N) is 1. The highest BCUT2D eigenvalue weighted by molar-refractivity contribution is 9.10. The lowest BCUT2D eigenvalue weighted by Gasteiger charge is -2.08. The molecule has 6 heteroatoms. The zero-order valence-corrected chi connectivity index (χ0v) is 11.4. The number of aryl methyl sites for hydroxylation is 1. The van der Waals surface area contributed by atoms with Gasteiger partial charge in [-0.25, -0.2) is 0 Å². The van der Waals surface area contributed by atoms with Crippen molar-refractivity contribution in [2.75, 3.05) is 12.4 Å². The number of hydrogen-bond donors (Lipinski definition) is 1. The van der Waals surface area contributed by atoms with Crippen molar-refractivity contribution < 1.29 is 14.1 Å². The first-order valence-electron chi connectivity index (χ1n) is 5.18. The Hall–Kier alpha value is -1.82. The molecule has 0 aliphatic rings. The van der Waals surface area contributed by atoms with Gasteiger partial charge in [0.1, 0.15) is 5.75 Å². The Morgan fingerprint density at radius 2 is 2.28 bits per heavy atom. The molecule has 0 saturated carbocycles. The van der Waals surface area contributed by atoms with E-state index in [4.69, 9.17) is 9.26 Å². The van der Waals surface area contributed by atoms with Crippen LogP contribution in [0.25, 0.3) is 0 Å². The monoisotopic (exact) mass is 310 g/mol. The van der Waals surface area contributed by atoms with E-state index in [0.717, 1.165) is 4.47 Å². The summed E-state index contributed by atoms with van der Waals surface area (Å²) in [7, 11) is 1.56. The third kappa shape index (κ3) is 2.53. The van der Waals surface area contributed by atoms with Crippen LogP contribution in [0.1, 0.15) is 16.1 Å². The van der Waals surface area contributed by atoms with Crippen molar-refractivity contribution in [2.24, 2.45) is 0 Å². The predicted molar refractivity (Wildman–Crippen MR) is 69.9 cm³/mol. The third-order valence-corrected chi connectivity index (χ3v) is 3.07. The standard InChI is InChI=1S/C12H11BrN2O3/c1-7-6-14-18-11(7)12(16)15-10-5-8(17-2)3-4-9(10)13/h3-6H,1-2H3,(H,15,16). The topological polar surface area (TPSA) is 64.4 Å². The van der Waals surface area contributed by atoms with Crippen LogP contribution in [-0.2, 0) is 0 Å². The van der Waals surface area contributed by atoms with Gasteiger partial charge in [0.15, 0.2) is 0 Å². The Labute approximate surface area is 112 Å². The second kappa shape index (κ2) is 5.22. The number of benzene rings is 1. The molecule has 0 spiro atoms. The number of rotatable bonds is 3. The van der Waals surface area contributed by atoms with Gasteiger partial charge in [0.25, 0.3) is 5.91 Å². The SMILES string of the molecule is COc1ccc(Br)c(NC(=O)c2oncc2C)c1. The lowest BCUT2D eigenvalue weighted by Crippen LogP contribution is -2.12. The molecule has 5 nitrogen and oxygen atoms in total. The highest BCUT2D eigenvalue weighted by Crippen LogP contribution is 2.27. The summed E-state index contributed by atoms with van der Waals surface area (Å²) in [5.41, 5.74) is 1.29. The fraction of sp³-hybridized carbons (Fsp3) is 0.167. The van der Waals surface area contributed by atoms with Crippen molar-refractivity contribution in [3.63, 3.8) is 0 Å². The van der Waals surface area contributed by atoms with Crippen molar-refractivity contribution in [2.45, 2.75) is 6.92 Å². The Kier molecular flexibility index (Phi) is 3.66. The van der Waals surface area contributed by atoms with Gasteiger partial charge in [0, 0.05) is 16.1 Å². The minimum Gasteiger partial charge on any atom is -0.497 e. The number of carbonyl (C=O) groups excluding carboxylic acids is 1. The number of nitrogens with zero attached hydrogens (tertiary/aromatic N) is 1. The average molecular weight is 311 g/mol. The van der Waals surface area contributed by atoms with Gasteiger partial charge in [-0.15, -0.1) is 0 Å². The summed E-state index contributed by atoms with van der Waals surface area (Å²) in [6.07, 6.45) is 1.50. The Balaban J connectivity index is 2.24. The van der Waals surface area contributed by atoms with E-state index in [1.165, 1.54) is 6.20 Å². The van der Waals surface area contributed by atoms with Crippen molar-refractivity contribution >= 4 is 27.5 Å². The van der Waals surface area contributed by atoms with Crippen LogP contribution in [0, 0.1) is 6.92 Å². The molecule has 1 aromatic heterocycles. The molecule has 1 amide bonds. The van der Waals surface area contributed by atoms with Gasteiger partial charge in [0.2, 0.25) is 5.76 Å². The third-order valence-electron chi connectivity index (χ3n) is 2.38. The highest BCUT2D eigenvalue weighted by atomic mass is 79.9. The number of anilines is 1. The average Bonchev–Trinajstić information content (AvgIpc) is 2.78. The molecule has 1 heterocycles. The molecule has 0 fully saturated rings. The van der Waals surface area contributed by atoms with Crippen molar-refractivity contribution in [1.29, 1.82) is 0 Å². The van der Waals surface area contributed by atoms with E-state index in [1.54, 1.807) is 32.2 Å². The molecule has 1 N–H and O–H groups in total. The van der Waals surface area contributed by atoms with E-state index in [-0.39, 0.29) is 11.7 Å². The predicted octanol–water partition coefficient (Wildman–Crippen LogP) is 3.01. The van der Waals surface area contributed by atoms with E-state index in [2.05, 4.69) is 26.4 Å². The number of ether oxygens (including phenoxy) is 1. The number of carbonyl (C=O) groups is 1. The van der Waals surface area contributed by atoms with Gasteiger partial charge in [-0.3, -0.25) is 4.79 Å². The molecule has 2 rings (SSSR count). The van der Waals surface area contributed by atoms with Crippen LogP contribution < -0.4 is 10.1 Å². The molecule has 0 aliphatic carbocycles. The molecule has 0 unspecified atom stereocenters. The quantitative estimate of drug-likeness (QED) is 0.946. The molecular weight excluding hydrogens is 300 g/mol. The summed E-state index contributed by atoms with van der Waals surface area (Å²) in [6.45, 7) is 1.76. The summed E-state index contributed by atoms with van der Waals surface area (Å²) >= 11 is 3.35. The second-order valence-electron chi connectivity index (χ2n) is 3.64. The van der Waals surface area contributed by atoms with Crippen molar-refractivity contribution in [1.82, 2.24) is 5.16 Å². The van der Waals surface area contributed by atoms with E-state index in [1.807, 2.05) is 0 Å². The molecular formula is C12H11BrN2O3. The molecule has 1 aromatic carbocycles. The van der Waals surface area contributed by atoms with E-state index >= 15 is 0 Å². The number of amides is 1. The van der Waals surface area contributed by atoms with Crippen LogP contribution in [0.15, 0.2) is 33.4 Å². The number of methoxy groups -OCH3 is 1. The van der Waals surface area contributed by atoms with Gasteiger partial charge in [-0.2, -0.15) is 0 Å². The highest BCUT2D eigenvalue weighted by Gasteiger charge is 2.15. The smallest absolute Gasteiger partial charge is 0.294 e. The molecule has 0 atom stereocenters. The van der Waals surface area contributed by atoms with Gasteiger partial charge in [-0.05, 0) is 35.0 Å². The van der Waals surface area contributed by atoms with Gasteiger partial charge < -0.3 is 14.6 Å². The summed E-state index contributed by atoms with van der Waals surface area (Å²) < 4.78 is 10.7. The number of aromatic nitrogens is 1. The summed E-state index contributed by atoms with van der Waals surface area (Å²) in [4.78, 5) is 11.9. The Bertz CT molecular complexity index is 580. The van der Waals surface area contributed by atoms with Crippen LogP contribution >= 0.6 is 15.9 Å². The summed E-state index contributed by atoms with van der Waals surface area (Å²) in [6, 6.07) is 5.30. The van der Waals surface area contributed by atoms with Crippen LogP contribution in [0.5, 0.6) is 5.75 Å². The van der Waals surface area contributed by atoms with Crippen LogP contribution in [0.3, 0.4) is 0 Å².